The van der Waals surface area contributed by atoms with Crippen molar-refractivity contribution in [1.29, 1.82) is 0 Å². The Bertz CT molecular complexity index is 64.4. The van der Waals surface area contributed by atoms with E-state index in [1.807, 2.05) is 0 Å². The summed E-state index contributed by atoms with van der Waals surface area (Å²) in [6.07, 6.45) is 1.26. The van der Waals surface area contributed by atoms with Gasteiger partial charge in [0.2, 0.25) is 0 Å². The molecule has 0 bridgehead atoms. The van der Waals surface area contributed by atoms with Crippen LogP contribution in [0, 0.1) is 0 Å². The van der Waals surface area contributed by atoms with Crippen LogP contribution < -0.4 is 24.8 Å². The molecule has 0 aliphatic heterocycles. The van der Waals surface area contributed by atoms with Crippen LogP contribution in [0.3, 0.4) is 0 Å². The maximum atomic E-state index is 2.21. The fourth-order valence-corrected chi connectivity index (χ4v) is 0.703. The van der Waals surface area contributed by atoms with Crippen LogP contribution in [0.2, 0.25) is 0 Å². The van der Waals surface area contributed by atoms with E-state index in [2.05, 4.69) is 38.0 Å². The summed E-state index contributed by atoms with van der Waals surface area (Å²) in [4.78, 5) is 4.42. The Labute approximate surface area is 99.1 Å². The molecule has 0 unspecified atom stereocenters. The predicted molar refractivity (Wildman–Crippen MR) is 41.7 cm³/mol. The molecule has 0 spiro atoms. The molecule has 0 N–H and O–H groups in total. The second-order valence-electron chi connectivity index (χ2n) is 2.96. The second kappa shape index (κ2) is 14.5. The molecule has 0 saturated heterocycles. The molecule has 0 heterocycles. The average Bonchev–Trinajstić information content (AvgIpc) is 1.63. The molecule has 5 heteroatoms. The van der Waals surface area contributed by atoms with Crippen molar-refractivity contribution in [3.63, 3.8) is 0 Å². The van der Waals surface area contributed by atoms with Gasteiger partial charge in [0.15, 0.2) is 0 Å². The smallest absolute Gasteiger partial charge is 1.00 e. The minimum Gasteiger partial charge on any atom is -1.00 e. The molecule has 0 rings (SSSR count). The van der Waals surface area contributed by atoms with Crippen molar-refractivity contribution in [2.24, 2.45) is 0 Å². The molecule has 0 amide bonds. The summed E-state index contributed by atoms with van der Waals surface area (Å²) < 4.78 is 0. The molecule has 0 aromatic heterocycles. The van der Waals surface area contributed by atoms with Crippen molar-refractivity contribution in [2.75, 3.05) is 41.3 Å². The summed E-state index contributed by atoms with van der Waals surface area (Å²) in [5.74, 6) is 0. The van der Waals surface area contributed by atoms with E-state index in [9.17, 15) is 0 Å². The fraction of sp³-hybridized carbons (Fsp3) is 1.00. The van der Waals surface area contributed by atoms with Crippen molar-refractivity contribution in [1.82, 2.24) is 9.80 Å². The van der Waals surface area contributed by atoms with Gasteiger partial charge < -0.3 is 34.6 Å². The third kappa shape index (κ3) is 22.4. The molecular weight excluding hydrogens is 242 g/mol. The molecule has 1 radical (unpaired) electrons. The number of hydrogen-bond acceptors (Lipinski definition) is 2. The van der Waals surface area contributed by atoms with E-state index in [0.29, 0.717) is 0 Å². The third-order valence-electron chi connectivity index (χ3n) is 1.21. The van der Waals surface area contributed by atoms with E-state index in [1.54, 1.807) is 0 Å². The minimum atomic E-state index is 0. The van der Waals surface area contributed by atoms with Crippen molar-refractivity contribution < 1.29 is 41.6 Å². The standard InChI is InChI=1S/C7H18N2.2ClH.Co/c1-8(2)6-5-7-9(3)4;;;/h5-7H2,1-4H3;2*1H;/q;;;+2/p-2. The van der Waals surface area contributed by atoms with Crippen LogP contribution in [0.15, 0.2) is 0 Å². The Balaban J connectivity index is -0.000000107. The van der Waals surface area contributed by atoms with Gasteiger partial charge in [-0.05, 0) is 47.7 Å². The zero-order valence-electron chi connectivity index (χ0n) is 8.11. The van der Waals surface area contributed by atoms with Crippen molar-refractivity contribution in [3.8, 4) is 0 Å². The van der Waals surface area contributed by atoms with Gasteiger partial charge in [-0.1, -0.05) is 0 Å². The molecule has 0 aromatic carbocycles. The quantitative estimate of drug-likeness (QED) is 0.497. The summed E-state index contributed by atoms with van der Waals surface area (Å²) in [6, 6.07) is 0. The largest absolute Gasteiger partial charge is 2.00 e. The molecule has 0 aromatic rings. The zero-order valence-corrected chi connectivity index (χ0v) is 10.7. The van der Waals surface area contributed by atoms with Gasteiger partial charge in [-0.15, -0.1) is 0 Å². The first-order chi connectivity index (χ1) is 4.13. The van der Waals surface area contributed by atoms with Gasteiger partial charge >= 0.3 is 16.8 Å². The molecular formula is C7H18Cl2CoN2. The van der Waals surface area contributed by atoms with Crippen LogP contribution in [0.25, 0.3) is 0 Å². The van der Waals surface area contributed by atoms with Crippen molar-refractivity contribution >= 4 is 0 Å². The molecule has 12 heavy (non-hydrogen) atoms. The second-order valence-corrected chi connectivity index (χ2v) is 2.96. The summed E-state index contributed by atoms with van der Waals surface area (Å²) in [7, 11) is 8.43. The summed E-state index contributed by atoms with van der Waals surface area (Å²) >= 11 is 0. The number of nitrogens with zero attached hydrogens (tertiary/aromatic N) is 2. The van der Waals surface area contributed by atoms with Gasteiger partial charge in [-0.3, -0.25) is 0 Å². The monoisotopic (exact) mass is 259 g/mol. The fourth-order valence-electron chi connectivity index (χ4n) is 0.703. The Kier molecular flexibility index (Phi) is 28.0. The van der Waals surface area contributed by atoms with Crippen LogP contribution in [0.1, 0.15) is 6.42 Å². The summed E-state index contributed by atoms with van der Waals surface area (Å²) in [6.45, 7) is 2.39. The molecule has 0 fully saturated rings. The van der Waals surface area contributed by atoms with Crippen molar-refractivity contribution in [2.45, 2.75) is 6.42 Å². The first-order valence-corrected chi connectivity index (χ1v) is 3.42. The van der Waals surface area contributed by atoms with Crippen LogP contribution in [0.5, 0.6) is 0 Å². The van der Waals surface area contributed by atoms with Crippen LogP contribution in [0.4, 0.5) is 0 Å². The van der Waals surface area contributed by atoms with Gasteiger partial charge in [-0.2, -0.15) is 0 Å². The Hall–Kier alpha value is 1.01. The molecule has 79 valence electrons. The number of hydrogen-bond donors (Lipinski definition) is 0. The topological polar surface area (TPSA) is 6.48 Å². The van der Waals surface area contributed by atoms with E-state index in [1.165, 1.54) is 19.5 Å². The van der Waals surface area contributed by atoms with E-state index in [4.69, 9.17) is 0 Å². The normalized spacial score (nSPS) is 8.50. The number of halogens is 2. The molecule has 2 nitrogen and oxygen atoms in total. The van der Waals surface area contributed by atoms with Gasteiger partial charge in [0.25, 0.3) is 0 Å². The van der Waals surface area contributed by atoms with E-state index in [0.717, 1.165) is 0 Å². The van der Waals surface area contributed by atoms with E-state index in [-0.39, 0.29) is 41.6 Å². The summed E-state index contributed by atoms with van der Waals surface area (Å²) in [5, 5.41) is 0. The minimum absolute atomic E-state index is 0. The Morgan fingerprint density at radius 3 is 1.17 bits per heavy atom. The first kappa shape index (κ1) is 23.1. The average molecular weight is 260 g/mol. The van der Waals surface area contributed by atoms with Crippen LogP contribution >= 0.6 is 0 Å². The predicted octanol–water partition coefficient (Wildman–Crippen LogP) is -5.49. The van der Waals surface area contributed by atoms with Gasteiger partial charge in [0.1, 0.15) is 0 Å². The van der Waals surface area contributed by atoms with Crippen LogP contribution in [-0.2, 0) is 16.8 Å². The first-order valence-electron chi connectivity index (χ1n) is 3.42. The maximum absolute atomic E-state index is 2.21. The molecule has 0 aliphatic carbocycles. The van der Waals surface area contributed by atoms with E-state index < -0.39 is 0 Å². The summed E-state index contributed by atoms with van der Waals surface area (Å²) in [5.41, 5.74) is 0. The SMILES string of the molecule is CN(C)CCCN(C)C.[Cl-].[Cl-].[Co+2]. The molecule has 0 saturated carbocycles. The van der Waals surface area contributed by atoms with Gasteiger partial charge in [-0.25, -0.2) is 0 Å². The Morgan fingerprint density at radius 1 is 0.750 bits per heavy atom. The third-order valence-corrected chi connectivity index (χ3v) is 1.21. The molecule has 0 aliphatic rings. The maximum Gasteiger partial charge on any atom is 2.00 e. The van der Waals surface area contributed by atoms with Crippen LogP contribution in [-0.4, -0.2) is 51.1 Å². The van der Waals surface area contributed by atoms with Crippen molar-refractivity contribution in [3.05, 3.63) is 0 Å². The zero-order chi connectivity index (χ0) is 7.28. The van der Waals surface area contributed by atoms with Gasteiger partial charge in [0.05, 0.1) is 0 Å². The van der Waals surface area contributed by atoms with E-state index >= 15 is 0 Å². The number of rotatable bonds is 4. The Morgan fingerprint density at radius 2 is 1.00 bits per heavy atom. The molecule has 0 atom stereocenters. The van der Waals surface area contributed by atoms with Gasteiger partial charge in [0, 0.05) is 0 Å².